The second kappa shape index (κ2) is 6.19. The van der Waals surface area contributed by atoms with Gasteiger partial charge >= 0.3 is 0 Å². The van der Waals surface area contributed by atoms with Gasteiger partial charge in [0.1, 0.15) is 6.04 Å². The molecular formula is C14H17BrN2O2. The van der Waals surface area contributed by atoms with E-state index in [1.165, 1.54) is 0 Å². The fourth-order valence-electron chi connectivity index (χ4n) is 2.40. The van der Waals surface area contributed by atoms with Gasteiger partial charge in [0, 0.05) is 23.6 Å². The van der Waals surface area contributed by atoms with Crippen molar-refractivity contribution in [2.24, 2.45) is 0 Å². The number of piperidine rings is 1. The number of amides is 2. The quantitative estimate of drug-likeness (QED) is 0.906. The van der Waals surface area contributed by atoms with Gasteiger partial charge in [-0.25, -0.2) is 0 Å². The molecule has 1 fully saturated rings. The van der Waals surface area contributed by atoms with Crippen molar-refractivity contribution in [1.29, 1.82) is 0 Å². The molecule has 102 valence electrons. The van der Waals surface area contributed by atoms with Gasteiger partial charge in [-0.2, -0.15) is 0 Å². The molecule has 1 N–H and O–H groups in total. The van der Waals surface area contributed by atoms with Crippen molar-refractivity contribution in [3.8, 4) is 0 Å². The van der Waals surface area contributed by atoms with Gasteiger partial charge in [-0.1, -0.05) is 22.0 Å². The molecule has 0 saturated carbocycles. The lowest BCUT2D eigenvalue weighted by Crippen LogP contribution is -2.51. The normalized spacial score (nSPS) is 19.1. The summed E-state index contributed by atoms with van der Waals surface area (Å²) in [5.41, 5.74) is 0.616. The average molecular weight is 325 g/mol. The number of hydrogen-bond donors (Lipinski definition) is 1. The Hall–Kier alpha value is -1.36. The molecule has 0 aromatic heterocycles. The first-order valence-corrected chi connectivity index (χ1v) is 7.21. The van der Waals surface area contributed by atoms with Gasteiger partial charge in [-0.15, -0.1) is 0 Å². The summed E-state index contributed by atoms with van der Waals surface area (Å²) in [6.07, 6.45) is 2.67. The highest BCUT2D eigenvalue weighted by Gasteiger charge is 2.31. The van der Waals surface area contributed by atoms with E-state index in [9.17, 15) is 9.59 Å². The van der Waals surface area contributed by atoms with E-state index in [0.717, 1.165) is 23.7 Å². The topological polar surface area (TPSA) is 49.4 Å². The molecule has 2 rings (SSSR count). The lowest BCUT2D eigenvalue weighted by Gasteiger charge is -2.34. The summed E-state index contributed by atoms with van der Waals surface area (Å²) in [6.45, 7) is 0.642. The highest BCUT2D eigenvalue weighted by molar-refractivity contribution is 9.10. The molecule has 0 spiro atoms. The molecule has 5 heteroatoms. The van der Waals surface area contributed by atoms with E-state index in [2.05, 4.69) is 21.2 Å². The van der Waals surface area contributed by atoms with Gasteiger partial charge in [-0.05, 0) is 37.5 Å². The zero-order chi connectivity index (χ0) is 13.8. The van der Waals surface area contributed by atoms with Crippen LogP contribution in [0.4, 0.5) is 0 Å². The third-order valence-electron chi connectivity index (χ3n) is 3.38. The Morgan fingerprint density at radius 3 is 2.84 bits per heavy atom. The zero-order valence-electron chi connectivity index (χ0n) is 10.9. The first kappa shape index (κ1) is 14.1. The maximum atomic E-state index is 12.5. The van der Waals surface area contributed by atoms with Crippen LogP contribution in [0.2, 0.25) is 0 Å². The first-order valence-electron chi connectivity index (χ1n) is 6.41. The van der Waals surface area contributed by atoms with Crippen molar-refractivity contribution in [2.75, 3.05) is 13.6 Å². The molecule has 0 aliphatic carbocycles. The van der Waals surface area contributed by atoms with Crippen LogP contribution in [-0.4, -0.2) is 36.3 Å². The van der Waals surface area contributed by atoms with Crippen molar-refractivity contribution >= 4 is 27.7 Å². The Kier molecular flexibility index (Phi) is 4.58. The second-order valence-corrected chi connectivity index (χ2v) is 5.55. The van der Waals surface area contributed by atoms with Crippen LogP contribution in [0.15, 0.2) is 28.7 Å². The standard InChI is InChI=1S/C14H17BrN2O2/c1-16-13(18)12-7-2-3-8-17(12)14(19)10-5-4-6-11(15)9-10/h4-6,9,12H,2-3,7-8H2,1H3,(H,16,18). The van der Waals surface area contributed by atoms with Crippen LogP contribution in [0.5, 0.6) is 0 Å². The third kappa shape index (κ3) is 3.15. The number of benzene rings is 1. The van der Waals surface area contributed by atoms with Crippen LogP contribution in [0.25, 0.3) is 0 Å². The van der Waals surface area contributed by atoms with Crippen LogP contribution in [-0.2, 0) is 4.79 Å². The number of rotatable bonds is 2. The molecule has 1 unspecified atom stereocenters. The number of hydrogen-bond acceptors (Lipinski definition) is 2. The maximum Gasteiger partial charge on any atom is 0.254 e. The van der Waals surface area contributed by atoms with Gasteiger partial charge in [-0.3, -0.25) is 9.59 Å². The van der Waals surface area contributed by atoms with E-state index in [-0.39, 0.29) is 17.9 Å². The Bertz CT molecular complexity index is 490. The number of halogens is 1. The van der Waals surface area contributed by atoms with Crippen LogP contribution in [0.1, 0.15) is 29.6 Å². The predicted molar refractivity (Wildman–Crippen MR) is 76.9 cm³/mol. The zero-order valence-corrected chi connectivity index (χ0v) is 12.4. The summed E-state index contributed by atoms with van der Waals surface area (Å²) in [5.74, 6) is -0.155. The van der Waals surface area contributed by atoms with Crippen LogP contribution >= 0.6 is 15.9 Å². The molecule has 4 nitrogen and oxygen atoms in total. The van der Waals surface area contributed by atoms with Crippen molar-refractivity contribution < 1.29 is 9.59 Å². The molecule has 1 atom stereocenters. The molecule has 0 bridgehead atoms. The SMILES string of the molecule is CNC(=O)C1CCCCN1C(=O)c1cccc(Br)c1. The predicted octanol–water partition coefficient (Wildman–Crippen LogP) is 2.19. The van der Waals surface area contributed by atoms with Crippen LogP contribution in [0.3, 0.4) is 0 Å². The molecule has 1 heterocycles. The van der Waals surface area contributed by atoms with Crippen molar-refractivity contribution in [1.82, 2.24) is 10.2 Å². The monoisotopic (exact) mass is 324 g/mol. The number of nitrogens with zero attached hydrogens (tertiary/aromatic N) is 1. The van der Waals surface area contributed by atoms with Gasteiger partial charge in [0.05, 0.1) is 0 Å². The fourth-order valence-corrected chi connectivity index (χ4v) is 2.80. The van der Waals surface area contributed by atoms with E-state index < -0.39 is 0 Å². The van der Waals surface area contributed by atoms with E-state index in [0.29, 0.717) is 12.1 Å². The summed E-state index contributed by atoms with van der Waals surface area (Å²) < 4.78 is 0.867. The summed E-state index contributed by atoms with van der Waals surface area (Å²) >= 11 is 3.36. The van der Waals surface area contributed by atoms with E-state index in [4.69, 9.17) is 0 Å². The fraction of sp³-hybridized carbons (Fsp3) is 0.429. The molecule has 19 heavy (non-hydrogen) atoms. The highest BCUT2D eigenvalue weighted by Crippen LogP contribution is 2.21. The highest BCUT2D eigenvalue weighted by atomic mass is 79.9. The molecule has 1 aliphatic rings. The number of likely N-dealkylation sites (N-methyl/N-ethyl adjacent to an activating group) is 1. The first-order chi connectivity index (χ1) is 9.13. The Balaban J connectivity index is 2.22. The lowest BCUT2D eigenvalue weighted by molar-refractivity contribution is -0.126. The molecule has 1 aromatic carbocycles. The van der Waals surface area contributed by atoms with Crippen LogP contribution < -0.4 is 5.32 Å². The summed E-state index contributed by atoms with van der Waals surface area (Å²) in [4.78, 5) is 26.1. The summed E-state index contributed by atoms with van der Waals surface area (Å²) in [7, 11) is 1.61. The van der Waals surface area contributed by atoms with Crippen molar-refractivity contribution in [2.45, 2.75) is 25.3 Å². The minimum Gasteiger partial charge on any atom is -0.357 e. The Morgan fingerprint density at radius 1 is 1.37 bits per heavy atom. The number of likely N-dealkylation sites (tertiary alicyclic amines) is 1. The smallest absolute Gasteiger partial charge is 0.254 e. The largest absolute Gasteiger partial charge is 0.357 e. The minimum absolute atomic E-state index is 0.0744. The molecule has 2 amide bonds. The molecule has 1 aromatic rings. The minimum atomic E-state index is -0.342. The number of nitrogens with one attached hydrogen (secondary N) is 1. The van der Waals surface area contributed by atoms with Crippen LogP contribution in [0, 0.1) is 0 Å². The lowest BCUT2D eigenvalue weighted by atomic mass is 10.00. The van der Waals surface area contributed by atoms with Gasteiger partial charge in [0.2, 0.25) is 5.91 Å². The molecule has 1 aliphatic heterocycles. The van der Waals surface area contributed by atoms with Crippen molar-refractivity contribution in [3.63, 3.8) is 0 Å². The second-order valence-electron chi connectivity index (χ2n) is 4.63. The summed E-state index contributed by atoms with van der Waals surface area (Å²) in [6, 6.07) is 6.94. The third-order valence-corrected chi connectivity index (χ3v) is 3.88. The number of carbonyl (C=O) groups is 2. The Morgan fingerprint density at radius 2 is 2.16 bits per heavy atom. The summed E-state index contributed by atoms with van der Waals surface area (Å²) in [5, 5.41) is 2.64. The average Bonchev–Trinajstić information content (AvgIpc) is 2.45. The van der Waals surface area contributed by atoms with Gasteiger partial charge in [0.15, 0.2) is 0 Å². The maximum absolute atomic E-state index is 12.5. The molecular weight excluding hydrogens is 308 g/mol. The van der Waals surface area contributed by atoms with Crippen molar-refractivity contribution in [3.05, 3.63) is 34.3 Å². The molecule has 1 saturated heterocycles. The van der Waals surface area contributed by atoms with E-state index >= 15 is 0 Å². The Labute approximate surface area is 121 Å². The van der Waals surface area contributed by atoms with Gasteiger partial charge in [0.25, 0.3) is 5.91 Å². The van der Waals surface area contributed by atoms with Gasteiger partial charge < -0.3 is 10.2 Å². The molecule has 0 radical (unpaired) electrons. The van der Waals surface area contributed by atoms with E-state index in [1.54, 1.807) is 24.1 Å². The number of carbonyl (C=O) groups excluding carboxylic acids is 2. The van der Waals surface area contributed by atoms with E-state index in [1.807, 2.05) is 12.1 Å².